The highest BCUT2D eigenvalue weighted by Gasteiger charge is 2.51. The minimum Gasteiger partial charge on any atom is -0.394 e. The standard InChI is InChI=1S/C44H85NO13/c1-3-5-7-9-11-13-15-16-18-19-21-23-25-27-33(48)32(45-36(49)28-26-24-22-20-17-14-12-10-8-6-4-2)31-55-43-41(54)39(52)42(35(30-47)57-43)58-44-40(53)38(51)37(50)34(29-46)56-44/h32-35,37-44,46-48,50-54H,3-31H2,1-2H3,(H,45,49)/t32-,33+,34?,35?,37-,38-,39+,40?,41?,42+,43+,44-/m0/s1. The van der Waals surface area contributed by atoms with E-state index in [0.29, 0.717) is 12.8 Å². The molecule has 9 N–H and O–H groups in total. The first-order valence-electron chi connectivity index (χ1n) is 23.3. The Morgan fingerprint density at radius 2 is 0.983 bits per heavy atom. The summed E-state index contributed by atoms with van der Waals surface area (Å²) in [6, 6.07) is -0.818. The van der Waals surface area contributed by atoms with Crippen molar-refractivity contribution in [2.75, 3.05) is 19.8 Å². The summed E-state index contributed by atoms with van der Waals surface area (Å²) in [4.78, 5) is 13.1. The van der Waals surface area contributed by atoms with Crippen LogP contribution >= 0.6 is 0 Å². The van der Waals surface area contributed by atoms with Gasteiger partial charge in [-0.1, -0.05) is 162 Å². The molecule has 58 heavy (non-hydrogen) atoms. The van der Waals surface area contributed by atoms with Crippen molar-refractivity contribution in [1.82, 2.24) is 5.32 Å². The van der Waals surface area contributed by atoms with Gasteiger partial charge in [-0.05, 0) is 12.8 Å². The van der Waals surface area contributed by atoms with Gasteiger partial charge in [-0.15, -0.1) is 0 Å². The number of carbonyl (C=O) groups excluding carboxylic acids is 1. The monoisotopic (exact) mass is 836 g/mol. The molecule has 0 saturated carbocycles. The Morgan fingerprint density at radius 3 is 1.47 bits per heavy atom. The smallest absolute Gasteiger partial charge is 0.220 e. The van der Waals surface area contributed by atoms with Gasteiger partial charge in [-0.25, -0.2) is 0 Å². The topological polar surface area (TPSA) is 228 Å². The van der Waals surface area contributed by atoms with Gasteiger partial charge in [-0.2, -0.15) is 0 Å². The van der Waals surface area contributed by atoms with Crippen molar-refractivity contribution in [2.24, 2.45) is 0 Å². The number of ether oxygens (including phenoxy) is 4. The molecule has 344 valence electrons. The van der Waals surface area contributed by atoms with E-state index in [4.69, 9.17) is 18.9 Å². The first-order chi connectivity index (χ1) is 28.1. The number of aliphatic hydroxyl groups is 8. The summed E-state index contributed by atoms with van der Waals surface area (Å²) in [5.74, 6) is -0.208. The largest absolute Gasteiger partial charge is 0.394 e. The van der Waals surface area contributed by atoms with Crippen LogP contribution in [0.15, 0.2) is 0 Å². The normalized spacial score (nSPS) is 28.7. The van der Waals surface area contributed by atoms with E-state index in [-0.39, 0.29) is 12.5 Å². The molecule has 2 aliphatic heterocycles. The van der Waals surface area contributed by atoms with Gasteiger partial charge in [0.1, 0.15) is 48.8 Å². The fourth-order valence-electron chi connectivity index (χ4n) is 7.94. The highest BCUT2D eigenvalue weighted by molar-refractivity contribution is 5.76. The molecule has 0 radical (unpaired) electrons. The third-order valence-corrected chi connectivity index (χ3v) is 11.8. The molecule has 2 rings (SSSR count). The van der Waals surface area contributed by atoms with Crippen LogP contribution in [-0.2, 0) is 23.7 Å². The van der Waals surface area contributed by atoms with Gasteiger partial charge in [0, 0.05) is 6.42 Å². The summed E-state index contributed by atoms with van der Waals surface area (Å²) in [6.45, 7) is 2.82. The highest BCUT2D eigenvalue weighted by Crippen LogP contribution is 2.30. The molecule has 14 heteroatoms. The van der Waals surface area contributed by atoms with E-state index in [1.807, 2.05) is 0 Å². The quantitative estimate of drug-likeness (QED) is 0.0397. The van der Waals surface area contributed by atoms with Crippen LogP contribution in [0.1, 0.15) is 181 Å². The minimum atomic E-state index is -1.78. The van der Waals surface area contributed by atoms with Crippen LogP contribution < -0.4 is 5.32 Å². The second kappa shape index (κ2) is 32.7. The van der Waals surface area contributed by atoms with Crippen molar-refractivity contribution in [2.45, 2.75) is 254 Å². The lowest BCUT2D eigenvalue weighted by atomic mass is 9.97. The Kier molecular flexibility index (Phi) is 29.9. The lowest BCUT2D eigenvalue weighted by Crippen LogP contribution is -2.65. The number of carbonyl (C=O) groups is 1. The van der Waals surface area contributed by atoms with Crippen molar-refractivity contribution in [3.63, 3.8) is 0 Å². The van der Waals surface area contributed by atoms with Gasteiger partial charge in [0.2, 0.25) is 5.91 Å². The third kappa shape index (κ3) is 20.7. The number of hydrogen-bond acceptors (Lipinski definition) is 13. The maximum Gasteiger partial charge on any atom is 0.220 e. The van der Waals surface area contributed by atoms with Crippen LogP contribution in [0, 0.1) is 0 Å². The summed E-state index contributed by atoms with van der Waals surface area (Å²) in [5.41, 5.74) is 0. The van der Waals surface area contributed by atoms with Crippen LogP contribution in [0.25, 0.3) is 0 Å². The number of aliphatic hydroxyl groups excluding tert-OH is 8. The molecule has 12 atom stereocenters. The van der Waals surface area contributed by atoms with Gasteiger partial charge in [0.05, 0.1) is 32.0 Å². The summed E-state index contributed by atoms with van der Waals surface area (Å²) in [6.07, 6.45) is 12.5. The van der Waals surface area contributed by atoms with Crippen LogP contribution in [0.4, 0.5) is 0 Å². The molecule has 2 fully saturated rings. The molecule has 2 heterocycles. The zero-order valence-electron chi connectivity index (χ0n) is 36.1. The summed E-state index contributed by atoms with van der Waals surface area (Å²) in [7, 11) is 0. The van der Waals surface area contributed by atoms with E-state index in [1.165, 1.54) is 103 Å². The predicted octanol–water partition coefficient (Wildman–Crippen LogP) is 4.66. The van der Waals surface area contributed by atoms with Gasteiger partial charge in [0.15, 0.2) is 12.6 Å². The summed E-state index contributed by atoms with van der Waals surface area (Å²) >= 11 is 0. The molecule has 0 aromatic heterocycles. The van der Waals surface area contributed by atoms with E-state index in [2.05, 4.69) is 19.2 Å². The maximum absolute atomic E-state index is 13.1. The Hall–Kier alpha value is -1.01. The molecule has 4 unspecified atom stereocenters. The Balaban J connectivity index is 1.88. The number of unbranched alkanes of at least 4 members (excludes halogenated alkanes) is 22. The number of amides is 1. The van der Waals surface area contributed by atoms with Crippen LogP contribution in [-0.4, -0.2) is 140 Å². The molecule has 2 aliphatic rings. The van der Waals surface area contributed by atoms with Gasteiger partial charge >= 0.3 is 0 Å². The van der Waals surface area contributed by atoms with Crippen molar-refractivity contribution < 1.29 is 64.6 Å². The van der Waals surface area contributed by atoms with E-state index < -0.39 is 86.8 Å². The zero-order valence-corrected chi connectivity index (χ0v) is 36.1. The fourth-order valence-corrected chi connectivity index (χ4v) is 7.94. The van der Waals surface area contributed by atoms with E-state index >= 15 is 0 Å². The van der Waals surface area contributed by atoms with Crippen molar-refractivity contribution in [3.8, 4) is 0 Å². The van der Waals surface area contributed by atoms with E-state index in [9.17, 15) is 45.6 Å². The van der Waals surface area contributed by atoms with Crippen molar-refractivity contribution in [3.05, 3.63) is 0 Å². The lowest BCUT2D eigenvalue weighted by Gasteiger charge is -2.46. The maximum atomic E-state index is 13.1. The van der Waals surface area contributed by atoms with Crippen LogP contribution in [0.3, 0.4) is 0 Å². The van der Waals surface area contributed by atoms with E-state index in [1.54, 1.807) is 0 Å². The molecular weight excluding hydrogens is 750 g/mol. The molecule has 2 saturated heterocycles. The molecule has 0 aliphatic carbocycles. The molecule has 0 aromatic rings. The molecule has 0 aromatic carbocycles. The first-order valence-corrected chi connectivity index (χ1v) is 23.3. The van der Waals surface area contributed by atoms with Crippen molar-refractivity contribution in [1.29, 1.82) is 0 Å². The number of hydrogen-bond donors (Lipinski definition) is 9. The molecule has 14 nitrogen and oxygen atoms in total. The van der Waals surface area contributed by atoms with Gasteiger partial charge in [0.25, 0.3) is 0 Å². The molecule has 0 bridgehead atoms. The van der Waals surface area contributed by atoms with Gasteiger partial charge < -0.3 is 65.1 Å². The summed E-state index contributed by atoms with van der Waals surface area (Å²) in [5, 5.41) is 86.6. The summed E-state index contributed by atoms with van der Waals surface area (Å²) < 4.78 is 22.7. The average Bonchev–Trinajstić information content (AvgIpc) is 3.22. The van der Waals surface area contributed by atoms with Crippen molar-refractivity contribution >= 4 is 5.91 Å². The SMILES string of the molecule is CCCCCCCCCCCCCCC[C@@H](O)[C@H](CO[C@@H]1OC(CO)[C@@H](O[C@@H]2OC(CO)[C@H](O)[C@H](O)C2O)[C@H](O)C1O)NC(=O)CCCCCCCCCCCCC. The molecular formula is C44H85NO13. The second-order valence-electron chi connectivity index (χ2n) is 16.9. The average molecular weight is 836 g/mol. The van der Waals surface area contributed by atoms with Crippen LogP contribution in [0.2, 0.25) is 0 Å². The minimum absolute atomic E-state index is 0.208. The molecule has 1 amide bonds. The Labute approximate surface area is 349 Å². The predicted molar refractivity (Wildman–Crippen MR) is 222 cm³/mol. The molecule has 0 spiro atoms. The Morgan fingerprint density at radius 1 is 0.552 bits per heavy atom. The third-order valence-electron chi connectivity index (χ3n) is 11.8. The first kappa shape index (κ1) is 53.1. The highest BCUT2D eigenvalue weighted by atomic mass is 16.7. The number of nitrogens with one attached hydrogen (secondary N) is 1. The number of rotatable bonds is 35. The second-order valence-corrected chi connectivity index (χ2v) is 16.9. The zero-order chi connectivity index (χ0) is 42.5. The van der Waals surface area contributed by atoms with E-state index in [0.717, 1.165) is 51.4 Å². The van der Waals surface area contributed by atoms with Crippen LogP contribution in [0.5, 0.6) is 0 Å². The fraction of sp³-hybridized carbons (Fsp3) is 0.977. The lowest BCUT2D eigenvalue weighted by molar-refractivity contribution is -0.359. The Bertz CT molecular complexity index is 993. The van der Waals surface area contributed by atoms with Gasteiger partial charge in [-0.3, -0.25) is 4.79 Å².